The second-order valence-electron chi connectivity index (χ2n) is 6.58. The molecule has 0 unspecified atom stereocenters. The van der Waals surface area contributed by atoms with E-state index in [2.05, 4.69) is 5.32 Å². The number of aromatic nitrogens is 2. The third-order valence-electron chi connectivity index (χ3n) is 4.37. The number of carbonyl (C=O) groups is 1. The number of aryl methyl sites for hydroxylation is 1. The molecule has 0 aliphatic heterocycles. The number of nitrogens with one attached hydrogen (secondary N) is 1. The Balaban J connectivity index is 1.87. The maximum Gasteiger partial charge on any atom is 0.416 e. The summed E-state index contributed by atoms with van der Waals surface area (Å²) in [5.74, 6) is -1.48. The Morgan fingerprint density at radius 1 is 1.06 bits per heavy atom. The zero-order valence-electron chi connectivity index (χ0n) is 15.8. The van der Waals surface area contributed by atoms with E-state index in [0.717, 1.165) is 33.5 Å². The number of anilines is 1. The smallest absolute Gasteiger partial charge is 0.323 e. The van der Waals surface area contributed by atoms with Gasteiger partial charge < -0.3 is 5.32 Å². The summed E-state index contributed by atoms with van der Waals surface area (Å²) in [6, 6.07) is 6.13. The van der Waals surface area contributed by atoms with Crippen molar-refractivity contribution in [3.63, 3.8) is 0 Å². The van der Waals surface area contributed by atoms with Crippen LogP contribution in [0.5, 0.6) is 0 Å². The van der Waals surface area contributed by atoms with E-state index < -0.39 is 41.1 Å². The van der Waals surface area contributed by atoms with Gasteiger partial charge >= 0.3 is 17.3 Å². The number of halogens is 5. The van der Waals surface area contributed by atoms with Crippen molar-refractivity contribution < 1.29 is 22.4 Å². The first-order chi connectivity index (χ1) is 14.5. The lowest BCUT2D eigenvalue weighted by Gasteiger charge is -2.13. The predicted octanol–water partition coefficient (Wildman–Crippen LogP) is 3.76. The monoisotopic (exact) mass is 455 g/mol. The molecule has 31 heavy (non-hydrogen) atoms. The highest BCUT2D eigenvalue weighted by Gasteiger charge is 2.31. The first kappa shape index (κ1) is 22.3. The van der Waals surface area contributed by atoms with E-state index in [4.69, 9.17) is 11.6 Å². The largest absolute Gasteiger partial charge is 0.416 e. The Hall–Kier alpha value is -3.40. The summed E-state index contributed by atoms with van der Waals surface area (Å²) in [7, 11) is 0. The second-order valence-corrected chi connectivity index (χ2v) is 6.98. The molecular weight excluding hydrogens is 442 g/mol. The summed E-state index contributed by atoms with van der Waals surface area (Å²) in [5.41, 5.74) is -2.71. The molecule has 3 rings (SSSR count). The van der Waals surface area contributed by atoms with Gasteiger partial charge in [0.1, 0.15) is 12.4 Å². The van der Waals surface area contributed by atoms with E-state index in [1.807, 2.05) is 0 Å². The lowest BCUT2D eigenvalue weighted by molar-refractivity contribution is -0.137. The molecule has 0 spiro atoms. The third-order valence-corrected chi connectivity index (χ3v) is 4.70. The van der Waals surface area contributed by atoms with Crippen LogP contribution in [-0.4, -0.2) is 15.0 Å². The van der Waals surface area contributed by atoms with Crippen molar-refractivity contribution in [3.8, 4) is 5.69 Å². The Kier molecular flexibility index (Phi) is 6.03. The highest BCUT2D eigenvalue weighted by molar-refractivity contribution is 6.33. The van der Waals surface area contributed by atoms with Gasteiger partial charge in [0.2, 0.25) is 5.91 Å². The molecule has 0 bridgehead atoms. The van der Waals surface area contributed by atoms with Crippen molar-refractivity contribution in [3.05, 3.63) is 91.5 Å². The molecule has 0 radical (unpaired) electrons. The number of hydrogen-bond acceptors (Lipinski definition) is 3. The molecule has 1 amide bonds. The van der Waals surface area contributed by atoms with Gasteiger partial charge in [-0.05, 0) is 42.8 Å². The van der Waals surface area contributed by atoms with Crippen molar-refractivity contribution in [1.82, 2.24) is 9.13 Å². The van der Waals surface area contributed by atoms with Crippen LogP contribution in [0.1, 0.15) is 11.1 Å². The van der Waals surface area contributed by atoms with E-state index in [9.17, 15) is 31.9 Å². The van der Waals surface area contributed by atoms with E-state index in [1.165, 1.54) is 18.3 Å². The van der Waals surface area contributed by atoms with E-state index in [-0.39, 0.29) is 16.4 Å². The highest BCUT2D eigenvalue weighted by Crippen LogP contribution is 2.33. The molecule has 0 aliphatic rings. The molecule has 6 nitrogen and oxygen atoms in total. The van der Waals surface area contributed by atoms with Crippen LogP contribution in [0.2, 0.25) is 5.02 Å². The van der Waals surface area contributed by atoms with Crippen LogP contribution in [0.4, 0.5) is 23.2 Å². The zero-order valence-corrected chi connectivity index (χ0v) is 16.6. The van der Waals surface area contributed by atoms with Crippen molar-refractivity contribution >= 4 is 23.2 Å². The van der Waals surface area contributed by atoms with Gasteiger partial charge in [0.25, 0.3) is 0 Å². The molecule has 11 heteroatoms. The average Bonchev–Trinajstić information content (AvgIpc) is 2.68. The molecule has 1 aromatic heterocycles. The summed E-state index contributed by atoms with van der Waals surface area (Å²) in [4.78, 5) is 37.1. The number of nitrogens with zero attached hydrogens (tertiary/aromatic N) is 2. The van der Waals surface area contributed by atoms with E-state index in [1.54, 1.807) is 6.92 Å². The molecule has 0 aliphatic carbocycles. The van der Waals surface area contributed by atoms with E-state index >= 15 is 0 Å². The zero-order chi connectivity index (χ0) is 22.9. The molecule has 2 aromatic carbocycles. The normalized spacial score (nSPS) is 11.4. The van der Waals surface area contributed by atoms with Crippen LogP contribution in [0.3, 0.4) is 0 Å². The molecule has 1 N–H and O–H groups in total. The SMILES string of the molecule is Cc1ccc(F)cc1-n1ccn(CC(=O)Nc2cc(C(F)(F)F)ccc2Cl)c(=O)c1=O. The number of benzene rings is 2. The maximum absolute atomic E-state index is 13.5. The van der Waals surface area contributed by atoms with Crippen LogP contribution >= 0.6 is 11.6 Å². The third kappa shape index (κ3) is 4.85. The highest BCUT2D eigenvalue weighted by atomic mass is 35.5. The minimum atomic E-state index is -4.64. The molecule has 3 aromatic rings. The fourth-order valence-corrected chi connectivity index (χ4v) is 2.97. The van der Waals surface area contributed by atoms with Gasteiger partial charge in [-0.2, -0.15) is 13.2 Å². The van der Waals surface area contributed by atoms with Crippen LogP contribution in [0, 0.1) is 12.7 Å². The summed E-state index contributed by atoms with van der Waals surface area (Å²) in [5, 5.41) is 2.06. The molecule has 1 heterocycles. The standard InChI is InChI=1S/C20H14ClF4N3O3/c1-11-2-4-13(22)9-16(11)28-7-6-27(18(30)19(28)31)10-17(29)26-15-8-12(20(23,24)25)3-5-14(15)21/h2-9H,10H2,1H3,(H,26,29). The first-order valence-corrected chi connectivity index (χ1v) is 9.10. The second kappa shape index (κ2) is 8.38. The minimum absolute atomic E-state index is 0.134. The van der Waals surface area contributed by atoms with Gasteiger partial charge in [-0.3, -0.25) is 23.5 Å². The van der Waals surface area contributed by atoms with Crippen LogP contribution in [0.15, 0.2) is 58.4 Å². The van der Waals surface area contributed by atoms with Gasteiger partial charge in [-0.25, -0.2) is 4.39 Å². The van der Waals surface area contributed by atoms with Crippen LogP contribution in [0.25, 0.3) is 5.69 Å². The van der Waals surface area contributed by atoms with Gasteiger partial charge in [0.15, 0.2) is 0 Å². The van der Waals surface area contributed by atoms with Gasteiger partial charge in [0.05, 0.1) is 22.0 Å². The summed E-state index contributed by atoms with van der Waals surface area (Å²) >= 11 is 5.83. The Morgan fingerprint density at radius 3 is 2.45 bits per heavy atom. The van der Waals surface area contributed by atoms with Crippen LogP contribution < -0.4 is 16.4 Å². The van der Waals surface area contributed by atoms with Gasteiger partial charge in [-0.15, -0.1) is 0 Å². The summed E-state index contributed by atoms with van der Waals surface area (Å²) in [6.45, 7) is 0.975. The molecule has 0 saturated carbocycles. The van der Waals surface area contributed by atoms with Crippen molar-refractivity contribution in [2.24, 2.45) is 0 Å². The number of alkyl halides is 3. The number of carbonyl (C=O) groups excluding carboxylic acids is 1. The number of hydrogen-bond donors (Lipinski definition) is 1. The Bertz CT molecular complexity index is 1280. The molecular formula is C20H14ClF4N3O3. The van der Waals surface area contributed by atoms with Crippen molar-refractivity contribution in [1.29, 1.82) is 0 Å². The van der Waals surface area contributed by atoms with E-state index in [0.29, 0.717) is 11.6 Å². The van der Waals surface area contributed by atoms with Crippen molar-refractivity contribution in [2.75, 3.05) is 5.32 Å². The summed E-state index contributed by atoms with van der Waals surface area (Å²) in [6.07, 6.45) is -2.31. The number of amides is 1. The average molecular weight is 456 g/mol. The number of rotatable bonds is 4. The molecule has 0 fully saturated rings. The van der Waals surface area contributed by atoms with Crippen LogP contribution in [-0.2, 0) is 17.5 Å². The fraction of sp³-hybridized carbons (Fsp3) is 0.150. The van der Waals surface area contributed by atoms with Crippen molar-refractivity contribution in [2.45, 2.75) is 19.6 Å². The topological polar surface area (TPSA) is 73.1 Å². The van der Waals surface area contributed by atoms with Gasteiger partial charge in [0, 0.05) is 12.4 Å². The molecule has 0 atom stereocenters. The summed E-state index contributed by atoms with van der Waals surface area (Å²) < 4.78 is 53.8. The Morgan fingerprint density at radius 2 is 1.77 bits per heavy atom. The Labute approximate surface area is 177 Å². The quantitative estimate of drug-likeness (QED) is 0.481. The maximum atomic E-state index is 13.5. The molecule has 162 valence electrons. The van der Waals surface area contributed by atoms with Gasteiger partial charge in [-0.1, -0.05) is 17.7 Å². The molecule has 0 saturated heterocycles. The first-order valence-electron chi connectivity index (χ1n) is 8.72. The minimum Gasteiger partial charge on any atom is -0.323 e. The fourth-order valence-electron chi connectivity index (χ4n) is 2.81. The predicted molar refractivity (Wildman–Crippen MR) is 106 cm³/mol. The lowest BCUT2D eigenvalue weighted by atomic mass is 10.2. The lowest BCUT2D eigenvalue weighted by Crippen LogP contribution is -2.41.